The number of benzene rings is 1. The standard InChI is InChI=1S/C13H10S/c1-2-5-10(6-3-1)13-9-11-7-4-8-12(11)14-13/h1-7,9H,8H2. The third-order valence-electron chi connectivity index (χ3n) is 2.50. The van der Waals surface area contributed by atoms with E-state index in [1.54, 1.807) is 0 Å². The average molecular weight is 198 g/mol. The number of hydrogen-bond donors (Lipinski definition) is 0. The van der Waals surface area contributed by atoms with E-state index in [4.69, 9.17) is 0 Å². The maximum atomic E-state index is 2.29. The van der Waals surface area contributed by atoms with Crippen molar-refractivity contribution in [1.82, 2.24) is 0 Å². The molecule has 1 heterocycles. The largest absolute Gasteiger partial charge is 0.139 e. The van der Waals surface area contributed by atoms with Crippen LogP contribution < -0.4 is 0 Å². The number of hydrogen-bond acceptors (Lipinski definition) is 1. The topological polar surface area (TPSA) is 0 Å². The lowest BCUT2D eigenvalue weighted by Crippen LogP contribution is -1.68. The molecule has 0 amide bonds. The highest BCUT2D eigenvalue weighted by Crippen LogP contribution is 2.35. The molecule has 0 radical (unpaired) electrons. The zero-order valence-corrected chi connectivity index (χ0v) is 8.55. The van der Waals surface area contributed by atoms with Crippen molar-refractivity contribution in [2.24, 2.45) is 0 Å². The van der Waals surface area contributed by atoms with Crippen LogP contribution in [0.25, 0.3) is 16.5 Å². The summed E-state index contributed by atoms with van der Waals surface area (Å²) in [6, 6.07) is 12.9. The third kappa shape index (κ3) is 1.21. The quantitative estimate of drug-likeness (QED) is 0.650. The number of fused-ring (bicyclic) bond motifs is 1. The fourth-order valence-electron chi connectivity index (χ4n) is 1.78. The first-order valence-corrected chi connectivity index (χ1v) is 5.60. The Morgan fingerprint density at radius 3 is 2.71 bits per heavy atom. The molecule has 0 unspecified atom stereocenters. The van der Waals surface area contributed by atoms with E-state index in [1.807, 2.05) is 11.3 Å². The maximum absolute atomic E-state index is 2.29. The molecule has 0 fully saturated rings. The Hall–Kier alpha value is -1.34. The minimum Gasteiger partial charge on any atom is -0.139 e. The van der Waals surface area contributed by atoms with E-state index < -0.39 is 0 Å². The van der Waals surface area contributed by atoms with Crippen LogP contribution in [0.5, 0.6) is 0 Å². The van der Waals surface area contributed by atoms with Crippen molar-refractivity contribution in [3.05, 3.63) is 52.9 Å². The van der Waals surface area contributed by atoms with Crippen LogP contribution in [0.15, 0.2) is 42.5 Å². The van der Waals surface area contributed by atoms with Gasteiger partial charge in [0.25, 0.3) is 0 Å². The minimum absolute atomic E-state index is 1.12. The van der Waals surface area contributed by atoms with Gasteiger partial charge in [-0.25, -0.2) is 0 Å². The predicted molar refractivity (Wildman–Crippen MR) is 62.5 cm³/mol. The van der Waals surface area contributed by atoms with Crippen LogP contribution >= 0.6 is 11.3 Å². The van der Waals surface area contributed by atoms with Crippen molar-refractivity contribution in [1.29, 1.82) is 0 Å². The molecule has 1 aliphatic carbocycles. The summed E-state index contributed by atoms with van der Waals surface area (Å²) in [5.41, 5.74) is 2.74. The summed E-state index contributed by atoms with van der Waals surface area (Å²) in [5, 5.41) is 0. The monoisotopic (exact) mass is 198 g/mol. The Bertz CT molecular complexity index is 477. The molecule has 3 rings (SSSR count). The normalized spacial score (nSPS) is 13.1. The first kappa shape index (κ1) is 8.01. The molecule has 1 heteroatoms. The van der Waals surface area contributed by atoms with Crippen molar-refractivity contribution in [2.75, 3.05) is 0 Å². The summed E-state index contributed by atoms with van der Waals surface area (Å²) in [6.45, 7) is 0. The predicted octanol–water partition coefficient (Wildman–Crippen LogP) is 3.98. The van der Waals surface area contributed by atoms with Gasteiger partial charge in [0.2, 0.25) is 0 Å². The van der Waals surface area contributed by atoms with Gasteiger partial charge < -0.3 is 0 Å². The summed E-state index contributed by atoms with van der Waals surface area (Å²) >= 11 is 1.91. The molecule has 0 atom stereocenters. The van der Waals surface area contributed by atoms with Gasteiger partial charge in [-0.05, 0) is 17.2 Å². The van der Waals surface area contributed by atoms with Gasteiger partial charge >= 0.3 is 0 Å². The van der Waals surface area contributed by atoms with Crippen LogP contribution in [0.1, 0.15) is 10.4 Å². The number of allylic oxidation sites excluding steroid dienone is 1. The van der Waals surface area contributed by atoms with E-state index in [0.29, 0.717) is 0 Å². The third-order valence-corrected chi connectivity index (χ3v) is 3.72. The smallest absolute Gasteiger partial charge is 0.0351 e. The first-order valence-electron chi connectivity index (χ1n) is 4.78. The maximum Gasteiger partial charge on any atom is 0.0351 e. The second-order valence-electron chi connectivity index (χ2n) is 3.46. The molecule has 68 valence electrons. The Balaban J connectivity index is 2.10. The summed E-state index contributed by atoms with van der Waals surface area (Å²) in [6.07, 6.45) is 5.57. The van der Waals surface area contributed by atoms with Gasteiger partial charge in [-0.15, -0.1) is 11.3 Å². The van der Waals surface area contributed by atoms with Gasteiger partial charge in [0, 0.05) is 16.2 Å². The molecule has 14 heavy (non-hydrogen) atoms. The van der Waals surface area contributed by atoms with Crippen molar-refractivity contribution in [2.45, 2.75) is 6.42 Å². The number of rotatable bonds is 1. The summed E-state index contributed by atoms with van der Waals surface area (Å²) < 4.78 is 0. The van der Waals surface area contributed by atoms with E-state index >= 15 is 0 Å². The van der Waals surface area contributed by atoms with Gasteiger partial charge in [0.05, 0.1) is 0 Å². The van der Waals surface area contributed by atoms with Gasteiger partial charge in [-0.1, -0.05) is 42.5 Å². The minimum atomic E-state index is 1.12. The molecular formula is C13H10S. The fraction of sp³-hybridized carbons (Fsp3) is 0.0769. The highest BCUT2D eigenvalue weighted by molar-refractivity contribution is 7.15. The summed E-state index contributed by atoms with van der Waals surface area (Å²) in [7, 11) is 0. The molecule has 0 saturated heterocycles. The van der Waals surface area contributed by atoms with E-state index in [2.05, 4.69) is 48.6 Å². The lowest BCUT2D eigenvalue weighted by Gasteiger charge is -1.94. The molecule has 2 aromatic rings. The van der Waals surface area contributed by atoms with Gasteiger partial charge in [-0.3, -0.25) is 0 Å². The molecular weight excluding hydrogens is 188 g/mol. The van der Waals surface area contributed by atoms with Crippen molar-refractivity contribution in [3.63, 3.8) is 0 Å². The molecule has 0 spiro atoms. The molecule has 0 saturated carbocycles. The van der Waals surface area contributed by atoms with Crippen LogP contribution in [0.2, 0.25) is 0 Å². The zero-order chi connectivity index (χ0) is 9.38. The van der Waals surface area contributed by atoms with Crippen LogP contribution in [0.4, 0.5) is 0 Å². The van der Waals surface area contributed by atoms with E-state index in [-0.39, 0.29) is 0 Å². The molecule has 0 aliphatic heterocycles. The van der Waals surface area contributed by atoms with E-state index in [0.717, 1.165) is 6.42 Å². The SMILES string of the molecule is C1=Cc2cc(-c3ccccc3)sc2C1. The summed E-state index contributed by atoms with van der Waals surface area (Å²) in [5.74, 6) is 0. The van der Waals surface area contributed by atoms with Gasteiger partial charge in [0.1, 0.15) is 0 Å². The Labute approximate surface area is 87.5 Å². The molecule has 0 N–H and O–H groups in total. The number of thiophene rings is 1. The lowest BCUT2D eigenvalue weighted by atomic mass is 10.1. The Kier molecular flexibility index (Phi) is 1.78. The Morgan fingerprint density at radius 2 is 1.93 bits per heavy atom. The van der Waals surface area contributed by atoms with Crippen molar-refractivity contribution in [3.8, 4) is 10.4 Å². The van der Waals surface area contributed by atoms with Crippen molar-refractivity contribution < 1.29 is 0 Å². The van der Waals surface area contributed by atoms with E-state index in [1.165, 1.54) is 20.9 Å². The lowest BCUT2D eigenvalue weighted by molar-refractivity contribution is 1.40. The van der Waals surface area contributed by atoms with Gasteiger partial charge in [-0.2, -0.15) is 0 Å². The second-order valence-corrected chi connectivity index (χ2v) is 4.60. The molecule has 1 aromatic heterocycles. The molecule has 0 bridgehead atoms. The van der Waals surface area contributed by atoms with Crippen LogP contribution in [0.3, 0.4) is 0 Å². The zero-order valence-electron chi connectivity index (χ0n) is 7.73. The molecule has 1 aliphatic rings. The van der Waals surface area contributed by atoms with Crippen molar-refractivity contribution >= 4 is 17.4 Å². The van der Waals surface area contributed by atoms with Gasteiger partial charge in [0.15, 0.2) is 0 Å². The highest BCUT2D eigenvalue weighted by atomic mass is 32.1. The Morgan fingerprint density at radius 1 is 1.07 bits per heavy atom. The second kappa shape index (κ2) is 3.10. The average Bonchev–Trinajstić information content (AvgIpc) is 2.78. The fourth-order valence-corrected chi connectivity index (χ4v) is 2.91. The van der Waals surface area contributed by atoms with E-state index in [9.17, 15) is 0 Å². The molecule has 1 aromatic carbocycles. The molecule has 0 nitrogen and oxygen atoms in total. The van der Waals surface area contributed by atoms with Crippen LogP contribution in [-0.2, 0) is 6.42 Å². The first-order chi connectivity index (χ1) is 6.93. The summed E-state index contributed by atoms with van der Waals surface area (Å²) in [4.78, 5) is 2.89. The highest BCUT2D eigenvalue weighted by Gasteiger charge is 2.10. The van der Waals surface area contributed by atoms with Crippen LogP contribution in [-0.4, -0.2) is 0 Å². The van der Waals surface area contributed by atoms with Crippen LogP contribution in [0, 0.1) is 0 Å².